The molecule has 0 bridgehead atoms. The standard InChI is InChI=1S/C10H14N2.2C2H6/c1-11-10-9-5-3-2-4-8(9)6-7-12-10;2*1-2/h2-5,10-12H,6-7H2,1H3;2*1-2H3. The molecule has 16 heavy (non-hydrogen) atoms. The number of nitrogens with one attached hydrogen (secondary N) is 2. The lowest BCUT2D eigenvalue weighted by atomic mass is 9.99. The van der Waals surface area contributed by atoms with Crippen LogP contribution < -0.4 is 10.6 Å². The Morgan fingerprint density at radius 1 is 1.12 bits per heavy atom. The molecule has 0 radical (unpaired) electrons. The van der Waals surface area contributed by atoms with E-state index < -0.39 is 0 Å². The summed E-state index contributed by atoms with van der Waals surface area (Å²) in [4.78, 5) is 0. The van der Waals surface area contributed by atoms with E-state index in [0.29, 0.717) is 6.17 Å². The third-order valence-corrected chi connectivity index (χ3v) is 2.40. The summed E-state index contributed by atoms with van der Waals surface area (Å²) in [6.07, 6.45) is 1.49. The molecule has 92 valence electrons. The zero-order valence-electron chi connectivity index (χ0n) is 11.3. The summed E-state index contributed by atoms with van der Waals surface area (Å²) in [5.41, 5.74) is 2.86. The predicted octanol–water partition coefficient (Wildman–Crippen LogP) is 3.10. The van der Waals surface area contributed by atoms with Crippen molar-refractivity contribution in [3.8, 4) is 0 Å². The topological polar surface area (TPSA) is 24.1 Å². The van der Waals surface area contributed by atoms with Crippen LogP contribution in [-0.4, -0.2) is 13.6 Å². The summed E-state index contributed by atoms with van der Waals surface area (Å²) < 4.78 is 0. The molecule has 1 aliphatic rings. The Kier molecular flexibility index (Phi) is 8.87. The molecule has 2 heteroatoms. The van der Waals surface area contributed by atoms with Gasteiger partial charge in [-0.3, -0.25) is 5.32 Å². The summed E-state index contributed by atoms with van der Waals surface area (Å²) in [6, 6.07) is 8.59. The fraction of sp³-hybridized carbons (Fsp3) is 0.571. The van der Waals surface area contributed by atoms with Crippen molar-refractivity contribution in [2.45, 2.75) is 40.3 Å². The first-order chi connectivity index (χ1) is 7.92. The minimum Gasteiger partial charge on any atom is -0.301 e. The molecule has 1 aromatic carbocycles. The van der Waals surface area contributed by atoms with Crippen LogP contribution in [0.15, 0.2) is 24.3 Å². The zero-order valence-corrected chi connectivity index (χ0v) is 11.3. The van der Waals surface area contributed by atoms with E-state index in [0.717, 1.165) is 13.0 Å². The van der Waals surface area contributed by atoms with E-state index in [1.165, 1.54) is 11.1 Å². The minimum atomic E-state index is 0.343. The monoisotopic (exact) mass is 222 g/mol. The number of benzene rings is 1. The van der Waals surface area contributed by atoms with Gasteiger partial charge in [-0.15, -0.1) is 0 Å². The molecule has 0 saturated heterocycles. The molecule has 2 N–H and O–H groups in total. The maximum absolute atomic E-state index is 3.41. The van der Waals surface area contributed by atoms with Crippen molar-refractivity contribution in [1.82, 2.24) is 10.6 Å². The van der Waals surface area contributed by atoms with E-state index in [9.17, 15) is 0 Å². The van der Waals surface area contributed by atoms with Gasteiger partial charge in [-0.25, -0.2) is 0 Å². The largest absolute Gasteiger partial charge is 0.301 e. The predicted molar refractivity (Wildman–Crippen MR) is 72.6 cm³/mol. The number of rotatable bonds is 1. The second kappa shape index (κ2) is 9.37. The van der Waals surface area contributed by atoms with Gasteiger partial charge in [0, 0.05) is 6.54 Å². The van der Waals surface area contributed by atoms with Crippen LogP contribution in [0.25, 0.3) is 0 Å². The average Bonchev–Trinajstić information content (AvgIpc) is 2.42. The van der Waals surface area contributed by atoms with Crippen molar-refractivity contribution in [3.63, 3.8) is 0 Å². The number of fused-ring (bicyclic) bond motifs is 1. The highest BCUT2D eigenvalue weighted by Crippen LogP contribution is 2.19. The Balaban J connectivity index is 0.000000509. The van der Waals surface area contributed by atoms with Crippen molar-refractivity contribution in [1.29, 1.82) is 0 Å². The molecule has 2 nitrogen and oxygen atoms in total. The van der Waals surface area contributed by atoms with E-state index in [2.05, 4.69) is 34.9 Å². The highest BCUT2D eigenvalue weighted by molar-refractivity contribution is 5.31. The van der Waals surface area contributed by atoms with Crippen molar-refractivity contribution in [3.05, 3.63) is 35.4 Å². The maximum atomic E-state index is 3.41. The van der Waals surface area contributed by atoms with Crippen LogP contribution in [0.4, 0.5) is 0 Å². The lowest BCUT2D eigenvalue weighted by molar-refractivity contribution is 0.451. The van der Waals surface area contributed by atoms with Gasteiger partial charge < -0.3 is 5.32 Å². The minimum absolute atomic E-state index is 0.343. The van der Waals surface area contributed by atoms with Crippen molar-refractivity contribution in [2.24, 2.45) is 0 Å². The normalized spacial score (nSPS) is 17.2. The first kappa shape index (κ1) is 15.1. The van der Waals surface area contributed by atoms with Crippen molar-refractivity contribution in [2.75, 3.05) is 13.6 Å². The Morgan fingerprint density at radius 2 is 1.75 bits per heavy atom. The SMILES string of the molecule is CC.CC.CNC1NCCc2ccccc21. The first-order valence-corrected chi connectivity index (χ1v) is 6.40. The fourth-order valence-corrected chi connectivity index (χ4v) is 1.76. The molecule has 1 heterocycles. The smallest absolute Gasteiger partial charge is 0.0835 e. The average molecular weight is 222 g/mol. The van der Waals surface area contributed by atoms with Crippen LogP contribution in [0, 0.1) is 0 Å². The van der Waals surface area contributed by atoms with E-state index >= 15 is 0 Å². The zero-order chi connectivity index (χ0) is 12.4. The Bertz CT molecular complexity index is 271. The third-order valence-electron chi connectivity index (χ3n) is 2.40. The van der Waals surface area contributed by atoms with E-state index in [1.54, 1.807) is 0 Å². The summed E-state index contributed by atoms with van der Waals surface area (Å²) in [5.74, 6) is 0. The van der Waals surface area contributed by atoms with E-state index in [4.69, 9.17) is 0 Å². The Morgan fingerprint density at radius 3 is 2.38 bits per heavy atom. The van der Waals surface area contributed by atoms with Gasteiger partial charge in [0.15, 0.2) is 0 Å². The molecule has 0 amide bonds. The molecule has 0 aliphatic carbocycles. The Hall–Kier alpha value is -0.860. The lowest BCUT2D eigenvalue weighted by Crippen LogP contribution is -2.37. The second-order valence-corrected chi connectivity index (χ2v) is 3.12. The molecule has 0 aromatic heterocycles. The lowest BCUT2D eigenvalue weighted by Gasteiger charge is -2.26. The molecule has 0 fully saturated rings. The summed E-state index contributed by atoms with van der Waals surface area (Å²) >= 11 is 0. The third kappa shape index (κ3) is 3.95. The van der Waals surface area contributed by atoms with Gasteiger partial charge in [0.1, 0.15) is 0 Å². The van der Waals surface area contributed by atoms with Gasteiger partial charge in [0.05, 0.1) is 6.17 Å². The molecule has 1 atom stereocenters. The molecular formula is C14H26N2. The molecule has 0 saturated carbocycles. The Labute approximate surface area is 100 Å². The van der Waals surface area contributed by atoms with Crippen LogP contribution in [-0.2, 0) is 6.42 Å². The van der Waals surface area contributed by atoms with Crippen LogP contribution in [0.5, 0.6) is 0 Å². The highest BCUT2D eigenvalue weighted by Gasteiger charge is 2.16. The second-order valence-electron chi connectivity index (χ2n) is 3.12. The van der Waals surface area contributed by atoms with Crippen molar-refractivity contribution >= 4 is 0 Å². The summed E-state index contributed by atoms with van der Waals surface area (Å²) in [6.45, 7) is 9.07. The molecular weight excluding hydrogens is 196 g/mol. The van der Waals surface area contributed by atoms with Crippen LogP contribution in [0.3, 0.4) is 0 Å². The summed E-state index contributed by atoms with van der Waals surface area (Å²) in [5, 5.41) is 6.66. The quantitative estimate of drug-likeness (QED) is 0.763. The van der Waals surface area contributed by atoms with Crippen LogP contribution >= 0.6 is 0 Å². The fourth-order valence-electron chi connectivity index (χ4n) is 1.76. The molecule has 0 spiro atoms. The molecule has 1 aromatic rings. The first-order valence-electron chi connectivity index (χ1n) is 6.40. The summed E-state index contributed by atoms with van der Waals surface area (Å²) in [7, 11) is 1.99. The van der Waals surface area contributed by atoms with Gasteiger partial charge in [0.2, 0.25) is 0 Å². The van der Waals surface area contributed by atoms with Gasteiger partial charge in [0.25, 0.3) is 0 Å². The van der Waals surface area contributed by atoms with Crippen molar-refractivity contribution < 1.29 is 0 Å². The molecule has 2 rings (SSSR count). The molecule has 1 aliphatic heterocycles. The van der Waals surface area contributed by atoms with Gasteiger partial charge in [-0.05, 0) is 24.6 Å². The van der Waals surface area contributed by atoms with Gasteiger partial charge >= 0.3 is 0 Å². The number of hydrogen-bond donors (Lipinski definition) is 2. The van der Waals surface area contributed by atoms with Crippen LogP contribution in [0.2, 0.25) is 0 Å². The van der Waals surface area contributed by atoms with Crippen LogP contribution in [0.1, 0.15) is 45.0 Å². The maximum Gasteiger partial charge on any atom is 0.0835 e. The highest BCUT2D eigenvalue weighted by atomic mass is 15.1. The number of hydrogen-bond acceptors (Lipinski definition) is 2. The molecule has 1 unspecified atom stereocenters. The van der Waals surface area contributed by atoms with Gasteiger partial charge in [-0.2, -0.15) is 0 Å². The van der Waals surface area contributed by atoms with E-state index in [1.807, 2.05) is 34.7 Å². The van der Waals surface area contributed by atoms with Gasteiger partial charge in [-0.1, -0.05) is 52.0 Å². The van der Waals surface area contributed by atoms with E-state index in [-0.39, 0.29) is 0 Å².